The van der Waals surface area contributed by atoms with E-state index in [4.69, 9.17) is 10.5 Å². The summed E-state index contributed by atoms with van der Waals surface area (Å²) in [7, 11) is 0. The van der Waals surface area contributed by atoms with Crippen LogP contribution < -0.4 is 10.5 Å². The first-order valence-electron chi connectivity index (χ1n) is 6.68. The summed E-state index contributed by atoms with van der Waals surface area (Å²) >= 11 is 0. The molecule has 6 nitrogen and oxygen atoms in total. The van der Waals surface area contributed by atoms with E-state index in [-0.39, 0.29) is 11.4 Å². The van der Waals surface area contributed by atoms with Crippen molar-refractivity contribution in [3.8, 4) is 11.6 Å². The van der Waals surface area contributed by atoms with Crippen molar-refractivity contribution in [2.24, 2.45) is 0 Å². The van der Waals surface area contributed by atoms with Crippen molar-refractivity contribution < 1.29 is 4.74 Å². The number of nitrogen functional groups attached to an aromatic ring is 1. The van der Waals surface area contributed by atoms with Crippen LogP contribution >= 0.6 is 0 Å². The number of nitrogens with two attached hydrogens (primary N) is 1. The summed E-state index contributed by atoms with van der Waals surface area (Å²) in [4.78, 5) is 8.21. The molecule has 6 heteroatoms. The summed E-state index contributed by atoms with van der Waals surface area (Å²) in [5.41, 5.74) is 7.48. The van der Waals surface area contributed by atoms with Gasteiger partial charge in [0, 0.05) is 0 Å². The highest BCUT2D eigenvalue weighted by Crippen LogP contribution is 2.30. The van der Waals surface area contributed by atoms with Crippen molar-refractivity contribution in [2.45, 2.75) is 26.2 Å². The smallest absolute Gasteiger partial charge is 0.235 e. The minimum Gasteiger partial charge on any atom is -0.438 e. The first kappa shape index (κ1) is 13.4. The molecular formula is C15H17N5O. The van der Waals surface area contributed by atoms with E-state index in [9.17, 15) is 0 Å². The van der Waals surface area contributed by atoms with Crippen molar-refractivity contribution in [1.82, 2.24) is 20.2 Å². The van der Waals surface area contributed by atoms with E-state index in [0.717, 1.165) is 0 Å². The van der Waals surface area contributed by atoms with Gasteiger partial charge in [0.05, 0.1) is 6.20 Å². The van der Waals surface area contributed by atoms with Gasteiger partial charge in [0.1, 0.15) is 11.1 Å². The van der Waals surface area contributed by atoms with E-state index in [2.05, 4.69) is 47.0 Å². The van der Waals surface area contributed by atoms with Gasteiger partial charge in [-0.05, 0) is 23.1 Å². The fourth-order valence-electron chi connectivity index (χ4n) is 2.04. The van der Waals surface area contributed by atoms with Gasteiger partial charge in [0.2, 0.25) is 11.8 Å². The first-order chi connectivity index (χ1) is 9.93. The summed E-state index contributed by atoms with van der Waals surface area (Å²) in [5.74, 6) is 1.26. The lowest BCUT2D eigenvalue weighted by atomic mass is 9.87. The van der Waals surface area contributed by atoms with E-state index in [1.54, 1.807) is 6.20 Å². The minimum atomic E-state index is 0.0506. The van der Waals surface area contributed by atoms with E-state index < -0.39 is 0 Å². The van der Waals surface area contributed by atoms with Crippen molar-refractivity contribution in [2.75, 3.05) is 5.73 Å². The normalized spacial score (nSPS) is 11.8. The molecule has 0 spiro atoms. The summed E-state index contributed by atoms with van der Waals surface area (Å²) in [6, 6.07) is 7.94. The number of benzene rings is 1. The highest BCUT2D eigenvalue weighted by atomic mass is 16.5. The average molecular weight is 283 g/mol. The summed E-state index contributed by atoms with van der Waals surface area (Å²) in [6.07, 6.45) is 1.62. The first-order valence-corrected chi connectivity index (χ1v) is 6.68. The second-order valence-corrected chi connectivity index (χ2v) is 5.90. The van der Waals surface area contributed by atoms with Gasteiger partial charge in [-0.25, -0.2) is 0 Å². The fourth-order valence-corrected chi connectivity index (χ4v) is 2.04. The van der Waals surface area contributed by atoms with Gasteiger partial charge < -0.3 is 10.5 Å². The lowest BCUT2D eigenvalue weighted by molar-refractivity contribution is 0.466. The summed E-state index contributed by atoms with van der Waals surface area (Å²) < 4.78 is 5.88. The van der Waals surface area contributed by atoms with Crippen LogP contribution in [0.15, 0.2) is 30.5 Å². The predicted molar refractivity (Wildman–Crippen MR) is 81.3 cm³/mol. The summed E-state index contributed by atoms with van der Waals surface area (Å²) in [5, 5.41) is 7.40. The van der Waals surface area contributed by atoms with Crippen LogP contribution in [0.2, 0.25) is 0 Å². The zero-order chi connectivity index (χ0) is 15.0. The van der Waals surface area contributed by atoms with Gasteiger partial charge in [-0.2, -0.15) is 15.1 Å². The maximum Gasteiger partial charge on any atom is 0.235 e. The van der Waals surface area contributed by atoms with E-state index in [1.165, 1.54) is 5.56 Å². The number of rotatable bonds is 2. The number of hydrogen-bond donors (Lipinski definition) is 2. The molecule has 1 aromatic carbocycles. The van der Waals surface area contributed by atoms with Crippen LogP contribution in [-0.4, -0.2) is 20.2 Å². The van der Waals surface area contributed by atoms with Gasteiger partial charge >= 0.3 is 0 Å². The molecule has 2 aromatic heterocycles. The number of nitrogens with one attached hydrogen (secondary N) is 1. The van der Waals surface area contributed by atoms with Gasteiger partial charge in [-0.3, -0.25) is 5.10 Å². The maximum atomic E-state index is 5.88. The van der Waals surface area contributed by atoms with Crippen LogP contribution in [0.5, 0.6) is 11.6 Å². The number of nitrogens with zero attached hydrogens (tertiary/aromatic N) is 3. The third kappa shape index (κ3) is 2.65. The maximum absolute atomic E-state index is 5.88. The molecule has 0 atom stereocenters. The molecule has 0 bridgehead atoms. The van der Waals surface area contributed by atoms with Gasteiger partial charge in [-0.1, -0.05) is 32.9 Å². The zero-order valence-corrected chi connectivity index (χ0v) is 12.2. The number of ether oxygens (including phenoxy) is 1. The Morgan fingerprint density at radius 1 is 1.19 bits per heavy atom. The fraction of sp³-hybridized carbons (Fsp3) is 0.267. The Hall–Kier alpha value is -2.63. The van der Waals surface area contributed by atoms with Crippen LogP contribution in [0.25, 0.3) is 11.0 Å². The number of fused-ring (bicyclic) bond motifs is 1. The number of anilines is 1. The molecule has 3 N–H and O–H groups in total. The molecule has 0 fully saturated rings. The number of hydrogen-bond acceptors (Lipinski definition) is 5. The van der Waals surface area contributed by atoms with E-state index in [0.29, 0.717) is 22.7 Å². The van der Waals surface area contributed by atoms with Crippen molar-refractivity contribution in [1.29, 1.82) is 0 Å². The molecule has 0 aliphatic rings. The lowest BCUT2D eigenvalue weighted by Gasteiger charge is -2.19. The molecule has 0 saturated carbocycles. The van der Waals surface area contributed by atoms with Gasteiger partial charge in [0.15, 0.2) is 5.65 Å². The van der Waals surface area contributed by atoms with E-state index >= 15 is 0 Å². The second kappa shape index (κ2) is 4.73. The molecule has 0 saturated heterocycles. The third-order valence-electron chi connectivity index (χ3n) is 3.21. The third-order valence-corrected chi connectivity index (χ3v) is 3.21. The molecule has 0 unspecified atom stereocenters. The Morgan fingerprint density at radius 2 is 2.00 bits per heavy atom. The topological polar surface area (TPSA) is 89.7 Å². The molecule has 2 heterocycles. The molecule has 21 heavy (non-hydrogen) atoms. The van der Waals surface area contributed by atoms with Crippen molar-refractivity contribution >= 4 is 17.0 Å². The van der Waals surface area contributed by atoms with Crippen molar-refractivity contribution in [3.63, 3.8) is 0 Å². The van der Waals surface area contributed by atoms with Crippen LogP contribution in [0.4, 0.5) is 5.95 Å². The molecule has 0 aliphatic heterocycles. The number of aromatic nitrogens is 4. The van der Waals surface area contributed by atoms with Crippen LogP contribution in [-0.2, 0) is 5.41 Å². The number of aromatic amines is 1. The minimum absolute atomic E-state index is 0.0506. The predicted octanol–water partition coefficient (Wildman–Crippen LogP) is 3.02. The average Bonchev–Trinajstić information content (AvgIpc) is 2.86. The highest BCUT2D eigenvalue weighted by Gasteiger charge is 2.15. The van der Waals surface area contributed by atoms with Gasteiger partial charge in [0.25, 0.3) is 0 Å². The van der Waals surface area contributed by atoms with Crippen LogP contribution in [0.1, 0.15) is 26.3 Å². The van der Waals surface area contributed by atoms with Gasteiger partial charge in [-0.15, -0.1) is 0 Å². The lowest BCUT2D eigenvalue weighted by Crippen LogP contribution is -2.10. The Morgan fingerprint density at radius 3 is 2.76 bits per heavy atom. The van der Waals surface area contributed by atoms with Crippen LogP contribution in [0, 0.1) is 0 Å². The van der Waals surface area contributed by atoms with Crippen molar-refractivity contribution in [3.05, 3.63) is 36.0 Å². The zero-order valence-electron chi connectivity index (χ0n) is 12.2. The Kier molecular flexibility index (Phi) is 3.01. The molecule has 3 rings (SSSR count). The monoisotopic (exact) mass is 283 g/mol. The standard InChI is InChI=1S/C15H17N5O/c1-15(2,3)9-5-4-6-10(7-9)21-13-11-8-17-20-12(11)18-14(16)19-13/h4-8H,1-3H3,(H3,16,17,18,19,20). The second-order valence-electron chi connectivity index (χ2n) is 5.90. The van der Waals surface area contributed by atoms with Crippen LogP contribution in [0.3, 0.4) is 0 Å². The largest absolute Gasteiger partial charge is 0.438 e. The molecular weight excluding hydrogens is 266 g/mol. The highest BCUT2D eigenvalue weighted by molar-refractivity contribution is 5.80. The SMILES string of the molecule is CC(C)(C)c1cccc(Oc2nc(N)nc3[nH]ncc23)c1. The quantitative estimate of drug-likeness (QED) is 0.754. The molecule has 0 radical (unpaired) electrons. The number of H-pyrrole nitrogens is 1. The molecule has 0 aliphatic carbocycles. The summed E-state index contributed by atoms with van der Waals surface area (Å²) in [6.45, 7) is 6.47. The Bertz CT molecular complexity index is 788. The van der Waals surface area contributed by atoms with E-state index in [1.807, 2.05) is 18.2 Å². The Balaban J connectivity index is 2.01. The molecule has 0 amide bonds. The Labute approximate surface area is 122 Å². The molecule has 108 valence electrons. The molecule has 3 aromatic rings.